The zero-order valence-corrected chi connectivity index (χ0v) is 13.9. The van der Waals surface area contributed by atoms with E-state index >= 15 is 0 Å². The first-order valence-electron chi connectivity index (χ1n) is 8.04. The Kier molecular flexibility index (Phi) is 4.96. The minimum atomic E-state index is -4.34. The van der Waals surface area contributed by atoms with Gasteiger partial charge in [-0.25, -0.2) is 4.98 Å². The molecular formula is C18H20F3N3O. The van der Waals surface area contributed by atoms with E-state index < -0.39 is 11.7 Å². The molecule has 1 aromatic heterocycles. The highest BCUT2D eigenvalue weighted by Gasteiger charge is 2.30. The van der Waals surface area contributed by atoms with Gasteiger partial charge in [0.1, 0.15) is 5.82 Å². The average Bonchev–Trinajstić information content (AvgIpc) is 3.02. The van der Waals surface area contributed by atoms with Crippen molar-refractivity contribution in [1.82, 2.24) is 9.88 Å². The highest BCUT2D eigenvalue weighted by atomic mass is 19.4. The molecule has 1 fully saturated rings. The predicted molar refractivity (Wildman–Crippen MR) is 89.8 cm³/mol. The first kappa shape index (κ1) is 17.7. The molecule has 0 saturated carbocycles. The van der Waals surface area contributed by atoms with Crippen molar-refractivity contribution in [2.45, 2.75) is 25.2 Å². The molecule has 2 N–H and O–H groups in total. The molecule has 2 heterocycles. The molecule has 0 bridgehead atoms. The number of hydrogen-bond donors (Lipinski definition) is 1. The number of methoxy groups -OCH3 is 1. The molecule has 1 saturated heterocycles. The Balaban J connectivity index is 1.86. The van der Waals surface area contributed by atoms with Crippen LogP contribution in [0.5, 0.6) is 0 Å². The molecule has 0 radical (unpaired) electrons. The van der Waals surface area contributed by atoms with Gasteiger partial charge in [0.2, 0.25) is 0 Å². The van der Waals surface area contributed by atoms with Gasteiger partial charge in [-0.3, -0.25) is 4.90 Å². The van der Waals surface area contributed by atoms with E-state index in [0.717, 1.165) is 42.8 Å². The molecule has 0 unspecified atom stereocenters. The van der Waals surface area contributed by atoms with Crippen LogP contribution < -0.4 is 5.73 Å². The Morgan fingerprint density at radius 3 is 2.60 bits per heavy atom. The van der Waals surface area contributed by atoms with Crippen LogP contribution in [-0.2, 0) is 17.5 Å². The fourth-order valence-electron chi connectivity index (χ4n) is 3.12. The number of aromatic nitrogens is 1. The zero-order chi connectivity index (χ0) is 18.0. The number of pyridine rings is 1. The van der Waals surface area contributed by atoms with Crippen molar-refractivity contribution >= 4 is 5.82 Å². The van der Waals surface area contributed by atoms with Gasteiger partial charge in [-0.15, -0.1) is 0 Å². The topological polar surface area (TPSA) is 51.4 Å². The average molecular weight is 351 g/mol. The maximum Gasteiger partial charge on any atom is 0.416 e. The van der Waals surface area contributed by atoms with E-state index in [4.69, 9.17) is 10.5 Å². The van der Waals surface area contributed by atoms with Crippen LogP contribution in [0.15, 0.2) is 36.5 Å². The van der Waals surface area contributed by atoms with Crippen LogP contribution in [0.25, 0.3) is 11.1 Å². The molecule has 4 nitrogen and oxygen atoms in total. The fourth-order valence-corrected chi connectivity index (χ4v) is 3.12. The highest BCUT2D eigenvalue weighted by Crippen LogP contribution is 2.32. The lowest BCUT2D eigenvalue weighted by Gasteiger charge is -2.18. The van der Waals surface area contributed by atoms with Crippen molar-refractivity contribution in [3.8, 4) is 11.1 Å². The molecule has 1 atom stereocenters. The molecule has 0 amide bonds. The van der Waals surface area contributed by atoms with Crippen LogP contribution in [-0.4, -0.2) is 36.2 Å². The third-order valence-electron chi connectivity index (χ3n) is 4.49. The quantitative estimate of drug-likeness (QED) is 0.915. The Morgan fingerprint density at radius 2 is 2.00 bits per heavy atom. The fraction of sp³-hybridized carbons (Fsp3) is 0.389. The minimum Gasteiger partial charge on any atom is -0.384 e. The second-order valence-electron chi connectivity index (χ2n) is 6.22. The number of rotatable bonds is 4. The summed E-state index contributed by atoms with van der Waals surface area (Å²) in [6.07, 6.45) is -1.54. The predicted octanol–water partition coefficient (Wildman–Crippen LogP) is 3.57. The molecule has 2 aromatic rings. The van der Waals surface area contributed by atoms with Crippen LogP contribution in [0, 0.1) is 0 Å². The first-order valence-corrected chi connectivity index (χ1v) is 8.04. The van der Waals surface area contributed by atoms with Gasteiger partial charge in [-0.2, -0.15) is 13.2 Å². The molecule has 1 aliphatic heterocycles. The van der Waals surface area contributed by atoms with Crippen molar-refractivity contribution in [3.05, 3.63) is 47.7 Å². The largest absolute Gasteiger partial charge is 0.416 e. The van der Waals surface area contributed by atoms with Crippen LogP contribution in [0.3, 0.4) is 0 Å². The van der Waals surface area contributed by atoms with Gasteiger partial charge in [0.25, 0.3) is 0 Å². The number of nitrogens with two attached hydrogens (primary N) is 1. The molecule has 25 heavy (non-hydrogen) atoms. The maximum absolute atomic E-state index is 12.7. The number of likely N-dealkylation sites (tertiary alicyclic amines) is 1. The third kappa shape index (κ3) is 4.11. The Bertz CT molecular complexity index is 731. The second-order valence-corrected chi connectivity index (χ2v) is 6.22. The van der Waals surface area contributed by atoms with E-state index in [9.17, 15) is 13.2 Å². The second kappa shape index (κ2) is 7.01. The van der Waals surface area contributed by atoms with Crippen molar-refractivity contribution in [2.75, 3.05) is 25.9 Å². The number of ether oxygens (including phenoxy) is 1. The molecule has 1 aromatic carbocycles. The number of hydrogen-bond acceptors (Lipinski definition) is 4. The van der Waals surface area contributed by atoms with E-state index in [-0.39, 0.29) is 6.10 Å². The number of halogens is 3. The third-order valence-corrected chi connectivity index (χ3v) is 4.49. The first-order chi connectivity index (χ1) is 11.9. The summed E-state index contributed by atoms with van der Waals surface area (Å²) in [5, 5.41) is 0. The van der Waals surface area contributed by atoms with Gasteiger partial charge >= 0.3 is 6.18 Å². The smallest absolute Gasteiger partial charge is 0.384 e. The van der Waals surface area contributed by atoms with Crippen molar-refractivity contribution in [1.29, 1.82) is 0 Å². The molecule has 0 spiro atoms. The Hall–Kier alpha value is -2.12. The monoisotopic (exact) mass is 351 g/mol. The lowest BCUT2D eigenvalue weighted by molar-refractivity contribution is -0.137. The van der Waals surface area contributed by atoms with Gasteiger partial charge in [-0.05, 0) is 35.7 Å². The maximum atomic E-state index is 12.7. The summed E-state index contributed by atoms with van der Waals surface area (Å²) in [6.45, 7) is 2.39. The summed E-state index contributed by atoms with van der Waals surface area (Å²) in [6, 6.07) is 6.91. The van der Waals surface area contributed by atoms with Crippen LogP contribution in [0.4, 0.5) is 19.0 Å². The van der Waals surface area contributed by atoms with Gasteiger partial charge in [0, 0.05) is 38.5 Å². The lowest BCUT2D eigenvalue weighted by atomic mass is 10.00. The summed E-state index contributed by atoms with van der Waals surface area (Å²) in [5.74, 6) is 0.396. The summed E-state index contributed by atoms with van der Waals surface area (Å²) >= 11 is 0. The lowest BCUT2D eigenvalue weighted by Crippen LogP contribution is -2.22. The SMILES string of the molecule is CO[C@H]1CCN(Cc2cc(N)ncc2-c2ccc(C(F)(F)F)cc2)C1. The number of anilines is 1. The number of nitrogen functional groups attached to an aromatic ring is 1. The number of nitrogens with zero attached hydrogens (tertiary/aromatic N) is 2. The summed E-state index contributed by atoms with van der Waals surface area (Å²) in [4.78, 5) is 6.35. The van der Waals surface area contributed by atoms with E-state index in [1.807, 2.05) is 0 Å². The number of benzene rings is 1. The van der Waals surface area contributed by atoms with E-state index in [0.29, 0.717) is 17.9 Å². The molecule has 1 aliphatic rings. The van der Waals surface area contributed by atoms with Crippen LogP contribution in [0.1, 0.15) is 17.5 Å². The van der Waals surface area contributed by atoms with Gasteiger partial charge in [0.05, 0.1) is 11.7 Å². The summed E-state index contributed by atoms with van der Waals surface area (Å²) in [7, 11) is 1.70. The highest BCUT2D eigenvalue weighted by molar-refractivity contribution is 5.68. The Morgan fingerprint density at radius 1 is 1.28 bits per heavy atom. The van der Waals surface area contributed by atoms with Crippen molar-refractivity contribution in [2.24, 2.45) is 0 Å². The molecule has 7 heteroatoms. The molecule has 3 rings (SSSR count). The van der Waals surface area contributed by atoms with Crippen LogP contribution in [0.2, 0.25) is 0 Å². The van der Waals surface area contributed by atoms with Crippen molar-refractivity contribution in [3.63, 3.8) is 0 Å². The Labute approximate surface area is 144 Å². The van der Waals surface area contributed by atoms with E-state index in [2.05, 4.69) is 9.88 Å². The van der Waals surface area contributed by atoms with Gasteiger partial charge in [-0.1, -0.05) is 12.1 Å². The van der Waals surface area contributed by atoms with Gasteiger partial charge < -0.3 is 10.5 Å². The summed E-state index contributed by atoms with van der Waals surface area (Å²) < 4.78 is 43.6. The van der Waals surface area contributed by atoms with Crippen molar-refractivity contribution < 1.29 is 17.9 Å². The minimum absolute atomic E-state index is 0.216. The summed E-state index contributed by atoms with van der Waals surface area (Å²) in [5.41, 5.74) is 7.58. The van der Waals surface area contributed by atoms with Gasteiger partial charge in [0.15, 0.2) is 0 Å². The van der Waals surface area contributed by atoms with E-state index in [1.54, 1.807) is 19.4 Å². The van der Waals surface area contributed by atoms with E-state index in [1.165, 1.54) is 12.1 Å². The number of alkyl halides is 3. The van der Waals surface area contributed by atoms with Crippen LogP contribution >= 0.6 is 0 Å². The molecule has 0 aliphatic carbocycles. The standard InChI is InChI=1S/C18H20F3N3O/c1-25-15-6-7-24(11-15)10-13-8-17(22)23-9-16(13)12-2-4-14(5-3-12)18(19,20)21/h2-5,8-9,15H,6-7,10-11H2,1H3,(H2,22,23)/t15-/m0/s1. The normalized spacial score (nSPS) is 18.6. The molecular weight excluding hydrogens is 331 g/mol. The molecule has 134 valence electrons. The zero-order valence-electron chi connectivity index (χ0n) is 13.9.